The predicted molar refractivity (Wildman–Crippen MR) is 83.5 cm³/mol. The summed E-state index contributed by atoms with van der Waals surface area (Å²) in [6.45, 7) is 0. The molecule has 1 heterocycles. The van der Waals surface area contributed by atoms with Gasteiger partial charge in [-0.3, -0.25) is 4.79 Å². The second-order valence-corrected chi connectivity index (χ2v) is 6.02. The highest BCUT2D eigenvalue weighted by molar-refractivity contribution is 8.00. The van der Waals surface area contributed by atoms with E-state index in [1.165, 1.54) is 30.0 Å². The van der Waals surface area contributed by atoms with Crippen molar-refractivity contribution in [2.24, 2.45) is 0 Å². The number of ether oxygens (including phenoxy) is 2. The van der Waals surface area contributed by atoms with Gasteiger partial charge >= 0.3 is 6.29 Å². The molecular weight excluding hydrogens is 348 g/mol. The van der Waals surface area contributed by atoms with Crippen LogP contribution in [-0.4, -0.2) is 18.0 Å². The van der Waals surface area contributed by atoms with E-state index in [1.54, 1.807) is 12.1 Å². The minimum absolute atomic E-state index is 0.0709. The third kappa shape index (κ3) is 3.86. The number of thioether (sulfide) groups is 1. The number of anilines is 1. The first kappa shape index (κ1) is 15.9. The molecule has 120 valence electrons. The van der Waals surface area contributed by atoms with E-state index < -0.39 is 6.29 Å². The Morgan fingerprint density at radius 2 is 1.91 bits per heavy atom. The van der Waals surface area contributed by atoms with Crippen molar-refractivity contribution in [3.63, 3.8) is 0 Å². The number of nitrogens with one attached hydrogen (secondary N) is 1. The number of hydrogen-bond donors (Lipinski definition) is 1. The van der Waals surface area contributed by atoms with Crippen LogP contribution in [0.15, 0.2) is 47.4 Å². The third-order valence-corrected chi connectivity index (χ3v) is 4.40. The van der Waals surface area contributed by atoms with Crippen LogP contribution in [0, 0.1) is 0 Å². The fraction of sp³-hybridized carbons (Fsp3) is 0.133. The number of halogens is 3. The van der Waals surface area contributed by atoms with E-state index in [1.807, 2.05) is 12.1 Å². The zero-order chi connectivity index (χ0) is 16.4. The minimum Gasteiger partial charge on any atom is -0.395 e. The van der Waals surface area contributed by atoms with E-state index in [9.17, 15) is 13.6 Å². The van der Waals surface area contributed by atoms with Crippen molar-refractivity contribution in [1.29, 1.82) is 0 Å². The summed E-state index contributed by atoms with van der Waals surface area (Å²) in [5, 5.41) is 3.17. The molecule has 0 aliphatic carbocycles. The number of hydrogen-bond acceptors (Lipinski definition) is 4. The molecule has 23 heavy (non-hydrogen) atoms. The summed E-state index contributed by atoms with van der Waals surface area (Å²) in [5.74, 6) is -0.348. The van der Waals surface area contributed by atoms with Crippen molar-refractivity contribution in [3.8, 4) is 11.5 Å². The zero-order valence-corrected chi connectivity index (χ0v) is 13.1. The van der Waals surface area contributed by atoms with Crippen molar-refractivity contribution < 1.29 is 23.0 Å². The lowest BCUT2D eigenvalue weighted by atomic mass is 10.3. The molecule has 0 aromatic heterocycles. The summed E-state index contributed by atoms with van der Waals surface area (Å²) < 4.78 is 34.5. The van der Waals surface area contributed by atoms with Gasteiger partial charge in [0.15, 0.2) is 11.5 Å². The number of alkyl halides is 2. The maximum Gasteiger partial charge on any atom is 0.586 e. The Morgan fingerprint density at radius 1 is 1.17 bits per heavy atom. The second kappa shape index (κ2) is 6.25. The lowest BCUT2D eigenvalue weighted by Gasteiger charge is -2.07. The van der Waals surface area contributed by atoms with E-state index in [2.05, 4.69) is 14.8 Å². The lowest BCUT2D eigenvalue weighted by Crippen LogP contribution is -2.25. The first-order chi connectivity index (χ1) is 10.9. The van der Waals surface area contributed by atoms with E-state index in [0.717, 1.165) is 4.90 Å². The van der Waals surface area contributed by atoms with Gasteiger partial charge in [-0.05, 0) is 24.3 Å². The van der Waals surface area contributed by atoms with Gasteiger partial charge in [0.25, 0.3) is 0 Å². The summed E-state index contributed by atoms with van der Waals surface area (Å²) in [6, 6.07) is 11.2. The van der Waals surface area contributed by atoms with Crippen LogP contribution in [0.5, 0.6) is 11.5 Å². The number of amides is 1. The highest BCUT2D eigenvalue weighted by Crippen LogP contribution is 2.42. The largest absolute Gasteiger partial charge is 0.586 e. The summed E-state index contributed by atoms with van der Waals surface area (Å²) in [6.07, 6.45) is -3.68. The van der Waals surface area contributed by atoms with Crippen LogP contribution in [0.2, 0.25) is 5.02 Å². The molecule has 0 spiro atoms. The van der Waals surface area contributed by atoms with Gasteiger partial charge < -0.3 is 14.8 Å². The molecule has 8 heteroatoms. The van der Waals surface area contributed by atoms with Gasteiger partial charge in [0.2, 0.25) is 5.91 Å². The molecule has 1 aliphatic rings. The van der Waals surface area contributed by atoms with Crippen LogP contribution in [0.3, 0.4) is 0 Å². The Kier molecular flexibility index (Phi) is 4.32. The van der Waals surface area contributed by atoms with E-state index in [4.69, 9.17) is 11.6 Å². The number of rotatable bonds is 4. The Balaban J connectivity index is 1.60. The third-order valence-electron chi connectivity index (χ3n) is 2.88. The van der Waals surface area contributed by atoms with Crippen molar-refractivity contribution in [3.05, 3.63) is 47.5 Å². The molecule has 3 rings (SSSR count). The lowest BCUT2D eigenvalue weighted by molar-refractivity contribution is -0.286. The molecule has 0 unspecified atom stereocenters. The molecule has 2 aromatic rings. The van der Waals surface area contributed by atoms with Crippen LogP contribution in [0.25, 0.3) is 0 Å². The molecule has 4 nitrogen and oxygen atoms in total. The number of carbonyl (C=O) groups is 1. The summed E-state index contributed by atoms with van der Waals surface area (Å²) >= 11 is 7.28. The monoisotopic (exact) mass is 357 g/mol. The number of benzene rings is 2. The Morgan fingerprint density at radius 3 is 2.70 bits per heavy atom. The fourth-order valence-corrected chi connectivity index (χ4v) is 2.97. The number of carbonyl (C=O) groups excluding carboxylic acids is 1. The van der Waals surface area contributed by atoms with E-state index in [-0.39, 0.29) is 23.2 Å². The highest BCUT2D eigenvalue weighted by atomic mass is 35.5. The van der Waals surface area contributed by atoms with E-state index >= 15 is 0 Å². The van der Waals surface area contributed by atoms with Crippen LogP contribution in [0.1, 0.15) is 0 Å². The van der Waals surface area contributed by atoms with Crippen molar-refractivity contribution in [2.45, 2.75) is 11.2 Å². The normalized spacial score (nSPS) is 14.6. The molecule has 1 aliphatic heterocycles. The second-order valence-electron chi connectivity index (χ2n) is 4.60. The van der Waals surface area contributed by atoms with Gasteiger partial charge in [0.1, 0.15) is 0 Å². The molecule has 0 bridgehead atoms. The standard InChI is InChI=1S/C15H10ClF2NO3S/c16-10-3-1-2-4-13(10)23-8-14(20)19-9-5-6-11-12(7-9)22-15(17,18)21-11/h1-7H,8H2,(H,19,20). The van der Waals surface area contributed by atoms with Crippen molar-refractivity contribution >= 4 is 35.0 Å². The Labute approximate surface area is 139 Å². The summed E-state index contributed by atoms with van der Waals surface area (Å²) in [4.78, 5) is 12.7. The van der Waals surface area contributed by atoms with Gasteiger partial charge in [-0.25, -0.2) is 0 Å². The molecule has 0 saturated heterocycles. The average Bonchev–Trinajstić information content (AvgIpc) is 2.79. The fourth-order valence-electron chi connectivity index (χ4n) is 1.93. The van der Waals surface area contributed by atoms with E-state index in [0.29, 0.717) is 10.7 Å². The first-order valence-corrected chi connectivity index (χ1v) is 7.86. The molecule has 1 amide bonds. The van der Waals surface area contributed by atoms with Crippen LogP contribution >= 0.6 is 23.4 Å². The summed E-state index contributed by atoms with van der Waals surface area (Å²) in [7, 11) is 0. The quantitative estimate of drug-likeness (QED) is 0.824. The summed E-state index contributed by atoms with van der Waals surface area (Å²) in [5.41, 5.74) is 0.342. The molecular formula is C15H10ClF2NO3S. The van der Waals surface area contributed by atoms with Crippen LogP contribution in [0.4, 0.5) is 14.5 Å². The van der Waals surface area contributed by atoms with Gasteiger partial charge in [0.05, 0.1) is 10.8 Å². The van der Waals surface area contributed by atoms with Crippen LogP contribution in [-0.2, 0) is 4.79 Å². The molecule has 2 aromatic carbocycles. The van der Waals surface area contributed by atoms with Gasteiger partial charge in [-0.2, -0.15) is 0 Å². The van der Waals surface area contributed by atoms with Gasteiger partial charge in [-0.1, -0.05) is 23.7 Å². The molecule has 0 fully saturated rings. The van der Waals surface area contributed by atoms with Gasteiger partial charge in [-0.15, -0.1) is 20.5 Å². The Hall–Kier alpha value is -1.99. The predicted octanol–water partition coefficient (Wildman–Crippen LogP) is 4.39. The number of fused-ring (bicyclic) bond motifs is 1. The zero-order valence-electron chi connectivity index (χ0n) is 11.5. The molecule has 0 saturated carbocycles. The maximum atomic E-state index is 12.9. The highest BCUT2D eigenvalue weighted by Gasteiger charge is 2.43. The topological polar surface area (TPSA) is 47.6 Å². The minimum atomic E-state index is -3.68. The first-order valence-electron chi connectivity index (χ1n) is 6.50. The average molecular weight is 358 g/mol. The smallest absolute Gasteiger partial charge is 0.395 e. The SMILES string of the molecule is O=C(CSc1ccccc1Cl)Nc1ccc2c(c1)OC(F)(F)O2. The van der Waals surface area contributed by atoms with Crippen LogP contribution < -0.4 is 14.8 Å². The van der Waals surface area contributed by atoms with Crippen molar-refractivity contribution in [2.75, 3.05) is 11.1 Å². The maximum absolute atomic E-state index is 12.9. The molecule has 0 atom stereocenters. The molecule has 1 N–H and O–H groups in total. The Bertz CT molecular complexity index is 757. The molecule has 0 radical (unpaired) electrons. The van der Waals surface area contributed by atoms with Gasteiger partial charge in [0, 0.05) is 16.6 Å². The van der Waals surface area contributed by atoms with Crippen molar-refractivity contribution in [1.82, 2.24) is 0 Å².